The van der Waals surface area contributed by atoms with Gasteiger partial charge in [0, 0.05) is 5.69 Å². The molecule has 1 N–H and O–H groups in total. The molecule has 0 amide bonds. The molecule has 0 saturated carbocycles. The minimum atomic E-state index is -2.26. The Labute approximate surface area is 79.1 Å². The van der Waals surface area contributed by atoms with Crippen LogP contribution in [0.1, 0.15) is 17.8 Å². The predicted molar refractivity (Wildman–Crippen MR) is 47.3 cm³/mol. The first-order valence-corrected chi connectivity index (χ1v) is 5.23. The Morgan fingerprint density at radius 2 is 2.31 bits per heavy atom. The van der Waals surface area contributed by atoms with Gasteiger partial charge in [0.2, 0.25) is 6.43 Å². The minimum Gasteiger partial charge on any atom is -0.337 e. The molecule has 1 aromatic heterocycles. The molecule has 0 atom stereocenters. The summed E-state index contributed by atoms with van der Waals surface area (Å²) in [6, 6.07) is 0. The largest absolute Gasteiger partial charge is 0.337 e. The van der Waals surface area contributed by atoms with Gasteiger partial charge < -0.3 is 4.98 Å². The van der Waals surface area contributed by atoms with Crippen LogP contribution >= 0.6 is 11.8 Å². The second kappa shape index (κ2) is 3.65. The standard InChI is InChI=1S/C8H10F2N2S/c9-7(10)4-13-8-11-5-2-1-3-6(5)12-8/h7H,1-4H2,(H,11,12). The zero-order valence-electron chi connectivity index (χ0n) is 7.02. The molecule has 0 radical (unpaired) electrons. The molecule has 1 aliphatic rings. The highest BCUT2D eigenvalue weighted by atomic mass is 32.2. The third-order valence-corrected chi connectivity index (χ3v) is 2.91. The van der Waals surface area contributed by atoms with Crippen LogP contribution in [0.4, 0.5) is 8.78 Å². The molecule has 5 heteroatoms. The molecule has 72 valence electrons. The highest BCUT2D eigenvalue weighted by molar-refractivity contribution is 7.99. The lowest BCUT2D eigenvalue weighted by molar-refractivity contribution is 0.176. The summed E-state index contributed by atoms with van der Waals surface area (Å²) >= 11 is 1.10. The smallest absolute Gasteiger partial charge is 0.248 e. The van der Waals surface area contributed by atoms with Crippen molar-refractivity contribution in [3.63, 3.8) is 0 Å². The fourth-order valence-corrected chi connectivity index (χ4v) is 2.13. The lowest BCUT2D eigenvalue weighted by atomic mass is 10.4. The lowest BCUT2D eigenvalue weighted by Crippen LogP contribution is -1.94. The van der Waals surface area contributed by atoms with E-state index in [1.165, 1.54) is 0 Å². The van der Waals surface area contributed by atoms with Crippen molar-refractivity contribution in [3.05, 3.63) is 11.4 Å². The third-order valence-electron chi connectivity index (χ3n) is 2.03. The molecule has 2 rings (SSSR count). The number of alkyl halides is 2. The first-order chi connectivity index (χ1) is 6.25. The molecule has 0 unspecified atom stereocenters. The summed E-state index contributed by atoms with van der Waals surface area (Å²) in [6.07, 6.45) is 0.872. The van der Waals surface area contributed by atoms with Crippen molar-refractivity contribution in [1.82, 2.24) is 9.97 Å². The Hall–Kier alpha value is -0.580. The van der Waals surface area contributed by atoms with E-state index in [2.05, 4.69) is 9.97 Å². The molecule has 2 nitrogen and oxygen atoms in total. The van der Waals surface area contributed by atoms with E-state index in [9.17, 15) is 8.78 Å². The van der Waals surface area contributed by atoms with Crippen LogP contribution in [0.15, 0.2) is 5.16 Å². The molecule has 13 heavy (non-hydrogen) atoms. The highest BCUT2D eigenvalue weighted by Crippen LogP contribution is 2.24. The van der Waals surface area contributed by atoms with Gasteiger partial charge in [-0.05, 0) is 19.3 Å². The van der Waals surface area contributed by atoms with E-state index in [4.69, 9.17) is 0 Å². The van der Waals surface area contributed by atoms with Gasteiger partial charge in [0.05, 0.1) is 11.4 Å². The Kier molecular flexibility index (Phi) is 2.53. The van der Waals surface area contributed by atoms with Gasteiger partial charge in [0.15, 0.2) is 5.16 Å². The van der Waals surface area contributed by atoms with E-state index in [0.717, 1.165) is 42.4 Å². The molecular weight excluding hydrogens is 194 g/mol. The van der Waals surface area contributed by atoms with Crippen LogP contribution in [0, 0.1) is 0 Å². The Balaban J connectivity index is 1.98. The number of aryl methyl sites for hydroxylation is 2. The number of fused-ring (bicyclic) bond motifs is 1. The number of imidazole rings is 1. The van der Waals surface area contributed by atoms with Gasteiger partial charge in [-0.3, -0.25) is 0 Å². The molecule has 1 aliphatic carbocycles. The topological polar surface area (TPSA) is 28.7 Å². The number of halogens is 2. The maximum atomic E-state index is 11.9. The van der Waals surface area contributed by atoms with Crippen LogP contribution in [-0.2, 0) is 12.8 Å². The molecular formula is C8H10F2N2S. The summed E-state index contributed by atoms with van der Waals surface area (Å²) in [6.45, 7) is 0. The van der Waals surface area contributed by atoms with Gasteiger partial charge in [-0.25, -0.2) is 13.8 Å². The average molecular weight is 204 g/mol. The quantitative estimate of drug-likeness (QED) is 0.765. The molecule has 1 aromatic rings. The second-order valence-electron chi connectivity index (χ2n) is 3.02. The number of aromatic amines is 1. The second-order valence-corrected chi connectivity index (χ2v) is 4.03. The summed E-state index contributed by atoms with van der Waals surface area (Å²) in [5, 5.41) is 0.644. The van der Waals surface area contributed by atoms with Gasteiger partial charge in [-0.15, -0.1) is 0 Å². The maximum Gasteiger partial charge on any atom is 0.248 e. The Morgan fingerprint density at radius 3 is 3.00 bits per heavy atom. The Bertz CT molecular complexity index is 277. The molecule has 0 spiro atoms. The first kappa shape index (κ1) is 8.99. The predicted octanol–water partition coefficient (Wildman–Crippen LogP) is 2.26. The van der Waals surface area contributed by atoms with Crippen molar-refractivity contribution in [1.29, 1.82) is 0 Å². The van der Waals surface area contributed by atoms with E-state index in [0.29, 0.717) is 5.16 Å². The van der Waals surface area contributed by atoms with Crippen molar-refractivity contribution >= 4 is 11.8 Å². The van der Waals surface area contributed by atoms with Crippen LogP contribution in [0.2, 0.25) is 0 Å². The average Bonchev–Trinajstić information content (AvgIpc) is 2.58. The van der Waals surface area contributed by atoms with Gasteiger partial charge in [-0.2, -0.15) is 0 Å². The molecule has 0 bridgehead atoms. The van der Waals surface area contributed by atoms with E-state index < -0.39 is 6.43 Å². The van der Waals surface area contributed by atoms with E-state index >= 15 is 0 Å². The fourth-order valence-electron chi connectivity index (χ4n) is 1.48. The Morgan fingerprint density at radius 1 is 1.46 bits per heavy atom. The van der Waals surface area contributed by atoms with E-state index in [1.807, 2.05) is 0 Å². The lowest BCUT2D eigenvalue weighted by Gasteiger charge is -1.95. The molecule has 1 heterocycles. The van der Waals surface area contributed by atoms with Gasteiger partial charge >= 0.3 is 0 Å². The number of nitrogens with one attached hydrogen (secondary N) is 1. The van der Waals surface area contributed by atoms with Crippen molar-refractivity contribution < 1.29 is 8.78 Å². The summed E-state index contributed by atoms with van der Waals surface area (Å²) in [5.41, 5.74) is 2.20. The normalized spacial score (nSPS) is 15.3. The van der Waals surface area contributed by atoms with Crippen LogP contribution in [0.5, 0.6) is 0 Å². The van der Waals surface area contributed by atoms with E-state index in [-0.39, 0.29) is 5.75 Å². The number of thioether (sulfide) groups is 1. The van der Waals surface area contributed by atoms with Gasteiger partial charge in [0.25, 0.3) is 0 Å². The summed E-state index contributed by atoms with van der Waals surface area (Å²) in [7, 11) is 0. The number of H-pyrrole nitrogens is 1. The number of hydrogen-bond donors (Lipinski definition) is 1. The molecule has 0 saturated heterocycles. The summed E-state index contributed by atoms with van der Waals surface area (Å²) < 4.78 is 23.7. The fraction of sp³-hybridized carbons (Fsp3) is 0.625. The summed E-state index contributed by atoms with van der Waals surface area (Å²) in [5.74, 6) is -0.174. The van der Waals surface area contributed by atoms with Crippen molar-refractivity contribution in [2.45, 2.75) is 30.8 Å². The monoisotopic (exact) mass is 204 g/mol. The molecule has 0 aliphatic heterocycles. The maximum absolute atomic E-state index is 11.9. The summed E-state index contributed by atoms with van der Waals surface area (Å²) in [4.78, 5) is 7.30. The van der Waals surface area contributed by atoms with Crippen LogP contribution in [-0.4, -0.2) is 22.1 Å². The number of nitrogens with zero attached hydrogens (tertiary/aromatic N) is 1. The van der Waals surface area contributed by atoms with E-state index in [1.54, 1.807) is 0 Å². The van der Waals surface area contributed by atoms with Crippen molar-refractivity contribution in [2.24, 2.45) is 0 Å². The number of hydrogen-bond acceptors (Lipinski definition) is 2. The highest BCUT2D eigenvalue weighted by Gasteiger charge is 2.16. The van der Waals surface area contributed by atoms with Crippen molar-refractivity contribution in [2.75, 3.05) is 5.75 Å². The SMILES string of the molecule is FC(F)CSc1nc2c([nH]1)CCC2. The number of aromatic nitrogens is 2. The van der Waals surface area contributed by atoms with Gasteiger partial charge in [0.1, 0.15) is 0 Å². The molecule has 0 aromatic carbocycles. The first-order valence-electron chi connectivity index (χ1n) is 4.24. The zero-order valence-corrected chi connectivity index (χ0v) is 7.83. The zero-order chi connectivity index (χ0) is 9.26. The van der Waals surface area contributed by atoms with Gasteiger partial charge in [-0.1, -0.05) is 11.8 Å². The molecule has 0 fully saturated rings. The minimum absolute atomic E-state index is 0.174. The van der Waals surface area contributed by atoms with Crippen LogP contribution in [0.3, 0.4) is 0 Å². The van der Waals surface area contributed by atoms with Crippen LogP contribution in [0.25, 0.3) is 0 Å². The van der Waals surface area contributed by atoms with Crippen molar-refractivity contribution in [3.8, 4) is 0 Å². The van der Waals surface area contributed by atoms with Crippen LogP contribution < -0.4 is 0 Å². The number of rotatable bonds is 3. The third kappa shape index (κ3) is 2.02.